The maximum atomic E-state index is 10.3. The van der Waals surface area contributed by atoms with Crippen LogP contribution in [0.2, 0.25) is 0 Å². The van der Waals surface area contributed by atoms with Crippen molar-refractivity contribution in [3.8, 4) is 0 Å². The average Bonchev–Trinajstić information content (AvgIpc) is 2.15. The van der Waals surface area contributed by atoms with Crippen molar-refractivity contribution < 1.29 is 5.11 Å². The number of allylic oxidation sites excluding steroid dienone is 3. The van der Waals surface area contributed by atoms with Crippen molar-refractivity contribution in [3.05, 3.63) is 23.3 Å². The molecule has 0 unspecified atom stereocenters. The first kappa shape index (κ1) is 11.9. The molecule has 2 aliphatic rings. The molecule has 0 aromatic rings. The van der Waals surface area contributed by atoms with E-state index in [0.717, 1.165) is 18.3 Å². The van der Waals surface area contributed by atoms with Gasteiger partial charge in [-0.25, -0.2) is 0 Å². The molecule has 0 saturated heterocycles. The first-order chi connectivity index (χ1) is 7.39. The van der Waals surface area contributed by atoms with Crippen LogP contribution in [0, 0.1) is 17.8 Å². The number of fused-ring (bicyclic) bond motifs is 1. The SMILES string of the molecule is CC1=C[C@@H]2C(C(C)(C)O)=CC[C@@H](C)[C@@H]2CC1. The van der Waals surface area contributed by atoms with E-state index in [1.54, 1.807) is 0 Å². The summed E-state index contributed by atoms with van der Waals surface area (Å²) in [4.78, 5) is 0. The second kappa shape index (κ2) is 4.03. The van der Waals surface area contributed by atoms with Crippen LogP contribution >= 0.6 is 0 Å². The van der Waals surface area contributed by atoms with Gasteiger partial charge in [-0.3, -0.25) is 0 Å². The van der Waals surface area contributed by atoms with Crippen molar-refractivity contribution in [2.24, 2.45) is 17.8 Å². The normalized spacial score (nSPS) is 35.2. The smallest absolute Gasteiger partial charge is 0.0806 e. The molecular formula is C15H24O. The van der Waals surface area contributed by atoms with Crippen LogP contribution in [0.1, 0.15) is 47.0 Å². The van der Waals surface area contributed by atoms with E-state index in [1.165, 1.54) is 24.0 Å². The first-order valence-corrected chi connectivity index (χ1v) is 6.50. The Kier molecular flexibility index (Phi) is 3.00. The van der Waals surface area contributed by atoms with Crippen LogP contribution in [0.3, 0.4) is 0 Å². The Morgan fingerprint density at radius 2 is 2.06 bits per heavy atom. The molecule has 3 atom stereocenters. The summed E-state index contributed by atoms with van der Waals surface area (Å²) in [6, 6.07) is 0. The van der Waals surface area contributed by atoms with Gasteiger partial charge in [-0.1, -0.05) is 24.6 Å². The predicted octanol–water partition coefficient (Wildman–Crippen LogP) is 3.70. The van der Waals surface area contributed by atoms with Crippen molar-refractivity contribution in [2.45, 2.75) is 52.6 Å². The summed E-state index contributed by atoms with van der Waals surface area (Å²) in [5, 5.41) is 10.3. The Labute approximate surface area is 99.3 Å². The van der Waals surface area contributed by atoms with E-state index in [-0.39, 0.29) is 0 Å². The maximum absolute atomic E-state index is 10.3. The summed E-state index contributed by atoms with van der Waals surface area (Å²) < 4.78 is 0. The first-order valence-electron chi connectivity index (χ1n) is 6.50. The van der Waals surface area contributed by atoms with Gasteiger partial charge in [-0.2, -0.15) is 0 Å². The van der Waals surface area contributed by atoms with Gasteiger partial charge in [0.15, 0.2) is 0 Å². The molecule has 0 radical (unpaired) electrons. The van der Waals surface area contributed by atoms with E-state index >= 15 is 0 Å². The van der Waals surface area contributed by atoms with Gasteiger partial charge in [0.05, 0.1) is 5.60 Å². The van der Waals surface area contributed by atoms with E-state index in [2.05, 4.69) is 26.0 Å². The Bertz CT molecular complexity index is 330. The molecule has 0 aromatic heterocycles. The molecule has 0 saturated carbocycles. The minimum Gasteiger partial charge on any atom is -0.386 e. The Hall–Kier alpha value is -0.560. The predicted molar refractivity (Wildman–Crippen MR) is 68.1 cm³/mol. The minimum absolute atomic E-state index is 0.484. The highest BCUT2D eigenvalue weighted by atomic mass is 16.3. The van der Waals surface area contributed by atoms with Crippen molar-refractivity contribution in [1.29, 1.82) is 0 Å². The standard InChI is InChI=1S/C15H24O/c1-10-5-7-12-11(2)6-8-14(13(12)9-10)15(3,4)16/h8-9,11-13,16H,5-7H2,1-4H3/t11-,12+,13+/m1/s1. The molecule has 0 bridgehead atoms. The second-order valence-corrected chi connectivity index (χ2v) is 6.17. The van der Waals surface area contributed by atoms with Gasteiger partial charge in [-0.15, -0.1) is 0 Å². The molecule has 16 heavy (non-hydrogen) atoms. The van der Waals surface area contributed by atoms with Crippen molar-refractivity contribution in [1.82, 2.24) is 0 Å². The Morgan fingerprint density at radius 3 is 2.69 bits per heavy atom. The highest BCUT2D eigenvalue weighted by Gasteiger charge is 2.38. The molecule has 0 aliphatic heterocycles. The fourth-order valence-electron chi connectivity index (χ4n) is 3.33. The number of hydrogen-bond donors (Lipinski definition) is 1. The van der Waals surface area contributed by atoms with E-state index in [9.17, 15) is 5.11 Å². The zero-order valence-electron chi connectivity index (χ0n) is 11.0. The molecule has 0 fully saturated rings. The van der Waals surface area contributed by atoms with Crippen LogP contribution in [0.4, 0.5) is 0 Å². The summed E-state index contributed by atoms with van der Waals surface area (Å²) >= 11 is 0. The fourth-order valence-corrected chi connectivity index (χ4v) is 3.33. The third-order valence-electron chi connectivity index (χ3n) is 4.30. The van der Waals surface area contributed by atoms with Crippen LogP contribution in [-0.2, 0) is 0 Å². The van der Waals surface area contributed by atoms with E-state index in [0.29, 0.717) is 5.92 Å². The molecule has 0 aromatic carbocycles. The fraction of sp³-hybridized carbons (Fsp3) is 0.733. The maximum Gasteiger partial charge on any atom is 0.0806 e. The second-order valence-electron chi connectivity index (χ2n) is 6.17. The highest BCUT2D eigenvalue weighted by Crippen LogP contribution is 2.45. The monoisotopic (exact) mass is 220 g/mol. The summed E-state index contributed by atoms with van der Waals surface area (Å²) in [7, 11) is 0. The van der Waals surface area contributed by atoms with Gasteiger partial charge in [0.1, 0.15) is 0 Å². The lowest BCUT2D eigenvalue weighted by Gasteiger charge is -2.42. The molecular weight excluding hydrogens is 196 g/mol. The summed E-state index contributed by atoms with van der Waals surface area (Å²) in [5.41, 5.74) is 2.08. The zero-order valence-corrected chi connectivity index (χ0v) is 11.0. The van der Waals surface area contributed by atoms with Crippen LogP contribution in [0.15, 0.2) is 23.3 Å². The topological polar surface area (TPSA) is 20.2 Å². The van der Waals surface area contributed by atoms with Crippen LogP contribution < -0.4 is 0 Å². The van der Waals surface area contributed by atoms with E-state index in [4.69, 9.17) is 0 Å². The van der Waals surface area contributed by atoms with Crippen LogP contribution in [0.5, 0.6) is 0 Å². The highest BCUT2D eigenvalue weighted by molar-refractivity contribution is 5.29. The van der Waals surface area contributed by atoms with Crippen molar-refractivity contribution in [2.75, 3.05) is 0 Å². The van der Waals surface area contributed by atoms with E-state index in [1.807, 2.05) is 13.8 Å². The third-order valence-corrected chi connectivity index (χ3v) is 4.30. The Balaban J connectivity index is 2.36. The minimum atomic E-state index is -0.656. The molecule has 2 rings (SSSR count). The Morgan fingerprint density at radius 1 is 1.38 bits per heavy atom. The summed E-state index contributed by atoms with van der Waals surface area (Å²) in [6.45, 7) is 8.41. The number of rotatable bonds is 1. The zero-order chi connectivity index (χ0) is 11.9. The quantitative estimate of drug-likeness (QED) is 0.668. The molecule has 0 heterocycles. The largest absolute Gasteiger partial charge is 0.386 e. The lowest BCUT2D eigenvalue weighted by Crippen LogP contribution is -2.36. The molecule has 1 heteroatoms. The van der Waals surface area contributed by atoms with Gasteiger partial charge in [0.25, 0.3) is 0 Å². The molecule has 1 N–H and O–H groups in total. The molecule has 90 valence electrons. The molecule has 0 spiro atoms. The van der Waals surface area contributed by atoms with Crippen LogP contribution in [-0.4, -0.2) is 10.7 Å². The number of aliphatic hydroxyl groups is 1. The lowest BCUT2D eigenvalue weighted by atomic mass is 9.64. The van der Waals surface area contributed by atoms with Crippen molar-refractivity contribution >= 4 is 0 Å². The number of hydrogen-bond acceptors (Lipinski definition) is 1. The summed E-state index contributed by atoms with van der Waals surface area (Å²) in [5.74, 6) is 1.99. The van der Waals surface area contributed by atoms with Gasteiger partial charge in [0.2, 0.25) is 0 Å². The third kappa shape index (κ3) is 2.10. The van der Waals surface area contributed by atoms with Crippen molar-refractivity contribution in [3.63, 3.8) is 0 Å². The molecule has 2 aliphatic carbocycles. The molecule has 1 nitrogen and oxygen atoms in total. The average molecular weight is 220 g/mol. The lowest BCUT2D eigenvalue weighted by molar-refractivity contribution is 0.0923. The van der Waals surface area contributed by atoms with Gasteiger partial charge in [0, 0.05) is 5.92 Å². The summed E-state index contributed by atoms with van der Waals surface area (Å²) in [6.07, 6.45) is 8.34. The van der Waals surface area contributed by atoms with Crippen LogP contribution in [0.25, 0.3) is 0 Å². The van der Waals surface area contributed by atoms with Gasteiger partial charge >= 0.3 is 0 Å². The van der Waals surface area contributed by atoms with Gasteiger partial charge in [-0.05, 0) is 57.4 Å². The van der Waals surface area contributed by atoms with E-state index < -0.39 is 5.60 Å². The molecule has 0 amide bonds. The van der Waals surface area contributed by atoms with Gasteiger partial charge < -0.3 is 5.11 Å².